The van der Waals surface area contributed by atoms with Crippen molar-refractivity contribution >= 4 is 11.8 Å². The van der Waals surface area contributed by atoms with E-state index >= 15 is 0 Å². The van der Waals surface area contributed by atoms with E-state index in [2.05, 4.69) is 25.7 Å². The van der Waals surface area contributed by atoms with Crippen LogP contribution in [0.1, 0.15) is 30.6 Å². The van der Waals surface area contributed by atoms with Gasteiger partial charge in [0.2, 0.25) is 5.82 Å². The molecule has 0 radical (unpaired) electrons. The highest BCUT2D eigenvalue weighted by molar-refractivity contribution is 5.89. The smallest absolute Gasteiger partial charge is 0.335 e. The lowest BCUT2D eigenvalue weighted by molar-refractivity contribution is 0.0697. The number of carboxylic acid groups (broad SMARTS) is 1. The van der Waals surface area contributed by atoms with Crippen molar-refractivity contribution in [3.05, 3.63) is 17.7 Å². The van der Waals surface area contributed by atoms with Crippen LogP contribution in [0.25, 0.3) is 11.5 Å². The lowest BCUT2D eigenvalue weighted by Crippen LogP contribution is -2.15. The standard InChI is InChI=1S/C12H16N6O2/c1-4-7(2)13-10-6-8(12(19)20)5-9(14-10)11-15-17-18(3)16-11/h5-7H,4H2,1-3H3,(H,13,14)(H,19,20)/t7-/m0/s1. The van der Waals surface area contributed by atoms with Crippen LogP contribution >= 0.6 is 0 Å². The van der Waals surface area contributed by atoms with Gasteiger partial charge in [0.05, 0.1) is 12.6 Å². The van der Waals surface area contributed by atoms with Gasteiger partial charge in [-0.3, -0.25) is 0 Å². The SMILES string of the molecule is CC[C@H](C)Nc1cc(C(=O)O)cc(-c2nnn(C)n2)n1. The van der Waals surface area contributed by atoms with E-state index in [1.165, 1.54) is 16.9 Å². The number of anilines is 1. The number of hydrogen-bond acceptors (Lipinski definition) is 6. The van der Waals surface area contributed by atoms with Crippen LogP contribution in [0.3, 0.4) is 0 Å². The third-order valence-corrected chi connectivity index (χ3v) is 2.82. The molecule has 2 aromatic rings. The molecule has 1 atom stereocenters. The Morgan fingerprint density at radius 3 is 2.80 bits per heavy atom. The summed E-state index contributed by atoms with van der Waals surface area (Å²) in [5.41, 5.74) is 0.511. The zero-order chi connectivity index (χ0) is 14.7. The first-order valence-electron chi connectivity index (χ1n) is 6.26. The summed E-state index contributed by atoms with van der Waals surface area (Å²) in [6.45, 7) is 4.03. The minimum absolute atomic E-state index is 0.133. The van der Waals surface area contributed by atoms with Gasteiger partial charge >= 0.3 is 5.97 Å². The summed E-state index contributed by atoms with van der Waals surface area (Å²) in [6.07, 6.45) is 0.901. The van der Waals surface area contributed by atoms with Crippen LogP contribution in [0.2, 0.25) is 0 Å². The van der Waals surface area contributed by atoms with E-state index in [4.69, 9.17) is 5.11 Å². The van der Waals surface area contributed by atoms with E-state index in [9.17, 15) is 4.79 Å². The lowest BCUT2D eigenvalue weighted by Gasteiger charge is -2.13. The minimum atomic E-state index is -1.02. The Morgan fingerprint density at radius 1 is 1.50 bits per heavy atom. The van der Waals surface area contributed by atoms with Crippen LogP contribution in [-0.4, -0.2) is 42.3 Å². The first-order valence-corrected chi connectivity index (χ1v) is 6.26. The minimum Gasteiger partial charge on any atom is -0.478 e. The quantitative estimate of drug-likeness (QED) is 0.844. The highest BCUT2D eigenvalue weighted by atomic mass is 16.4. The van der Waals surface area contributed by atoms with Gasteiger partial charge in [-0.2, -0.15) is 4.80 Å². The van der Waals surface area contributed by atoms with Crippen molar-refractivity contribution in [1.29, 1.82) is 0 Å². The summed E-state index contributed by atoms with van der Waals surface area (Å²) < 4.78 is 0. The average Bonchev–Trinajstić information content (AvgIpc) is 2.85. The number of hydrogen-bond donors (Lipinski definition) is 2. The molecular formula is C12H16N6O2. The molecule has 0 saturated carbocycles. The van der Waals surface area contributed by atoms with Crippen LogP contribution in [0.4, 0.5) is 5.82 Å². The normalized spacial score (nSPS) is 12.2. The predicted molar refractivity (Wildman–Crippen MR) is 72.4 cm³/mol. The Bertz CT molecular complexity index is 624. The zero-order valence-electron chi connectivity index (χ0n) is 11.5. The Hall–Kier alpha value is -2.51. The molecule has 0 fully saturated rings. The van der Waals surface area contributed by atoms with Gasteiger partial charge < -0.3 is 10.4 Å². The zero-order valence-corrected chi connectivity index (χ0v) is 11.5. The van der Waals surface area contributed by atoms with E-state index in [-0.39, 0.29) is 11.6 Å². The molecule has 0 bridgehead atoms. The fourth-order valence-electron chi connectivity index (χ4n) is 1.58. The van der Waals surface area contributed by atoms with Gasteiger partial charge in [-0.15, -0.1) is 10.2 Å². The number of carboxylic acids is 1. The summed E-state index contributed by atoms with van der Waals surface area (Å²) in [5.74, 6) is -0.241. The van der Waals surface area contributed by atoms with E-state index in [0.29, 0.717) is 17.3 Å². The second-order valence-electron chi connectivity index (χ2n) is 4.49. The second-order valence-corrected chi connectivity index (χ2v) is 4.49. The third kappa shape index (κ3) is 3.08. The van der Waals surface area contributed by atoms with Gasteiger partial charge in [0, 0.05) is 6.04 Å². The van der Waals surface area contributed by atoms with Crippen molar-refractivity contribution < 1.29 is 9.90 Å². The van der Waals surface area contributed by atoms with Crippen molar-refractivity contribution in [2.24, 2.45) is 7.05 Å². The summed E-state index contributed by atoms with van der Waals surface area (Å²) in [6, 6.07) is 3.12. The van der Waals surface area contributed by atoms with Gasteiger partial charge in [-0.05, 0) is 30.7 Å². The number of carbonyl (C=O) groups is 1. The fraction of sp³-hybridized carbons (Fsp3) is 0.417. The molecular weight excluding hydrogens is 260 g/mol. The number of nitrogens with one attached hydrogen (secondary N) is 1. The molecule has 0 aliphatic rings. The first-order chi connectivity index (χ1) is 9.49. The van der Waals surface area contributed by atoms with Crippen molar-refractivity contribution in [2.45, 2.75) is 26.3 Å². The topological polar surface area (TPSA) is 106 Å². The largest absolute Gasteiger partial charge is 0.478 e. The number of pyridine rings is 1. The molecule has 0 amide bonds. The van der Waals surface area contributed by atoms with E-state index in [1.54, 1.807) is 7.05 Å². The molecule has 0 aromatic carbocycles. The highest BCUT2D eigenvalue weighted by Crippen LogP contribution is 2.18. The van der Waals surface area contributed by atoms with E-state index < -0.39 is 5.97 Å². The molecule has 0 spiro atoms. The van der Waals surface area contributed by atoms with Gasteiger partial charge in [-0.1, -0.05) is 6.92 Å². The summed E-state index contributed by atoms with van der Waals surface area (Å²) in [4.78, 5) is 16.8. The van der Waals surface area contributed by atoms with Crippen LogP contribution < -0.4 is 5.32 Å². The molecule has 0 saturated heterocycles. The monoisotopic (exact) mass is 276 g/mol. The van der Waals surface area contributed by atoms with Crippen LogP contribution in [0.5, 0.6) is 0 Å². The van der Waals surface area contributed by atoms with E-state index in [0.717, 1.165) is 6.42 Å². The number of aromatic nitrogens is 5. The van der Waals surface area contributed by atoms with Gasteiger partial charge in [0.1, 0.15) is 11.5 Å². The number of aromatic carboxylic acids is 1. The van der Waals surface area contributed by atoms with Crippen molar-refractivity contribution in [1.82, 2.24) is 25.2 Å². The average molecular weight is 276 g/mol. The number of tetrazole rings is 1. The maximum absolute atomic E-state index is 11.2. The fourth-order valence-corrected chi connectivity index (χ4v) is 1.58. The molecule has 0 aliphatic carbocycles. The van der Waals surface area contributed by atoms with Crippen molar-refractivity contribution in [3.8, 4) is 11.5 Å². The molecule has 8 heteroatoms. The Balaban J connectivity index is 2.43. The summed E-state index contributed by atoms with van der Waals surface area (Å²) in [5, 5.41) is 23.9. The van der Waals surface area contributed by atoms with Crippen LogP contribution in [0, 0.1) is 0 Å². The lowest BCUT2D eigenvalue weighted by atomic mass is 10.2. The molecule has 8 nitrogen and oxygen atoms in total. The van der Waals surface area contributed by atoms with Crippen molar-refractivity contribution in [3.63, 3.8) is 0 Å². The van der Waals surface area contributed by atoms with Gasteiger partial charge in [0.15, 0.2) is 0 Å². The summed E-state index contributed by atoms with van der Waals surface area (Å²) in [7, 11) is 1.63. The number of aryl methyl sites for hydroxylation is 1. The molecule has 106 valence electrons. The molecule has 0 unspecified atom stereocenters. The van der Waals surface area contributed by atoms with Crippen molar-refractivity contribution in [2.75, 3.05) is 5.32 Å². The molecule has 2 N–H and O–H groups in total. The molecule has 2 heterocycles. The maximum Gasteiger partial charge on any atom is 0.335 e. The number of rotatable bonds is 5. The van der Waals surface area contributed by atoms with E-state index in [1.807, 2.05) is 13.8 Å². The predicted octanol–water partition coefficient (Wildman–Crippen LogP) is 1.18. The highest BCUT2D eigenvalue weighted by Gasteiger charge is 2.14. The summed E-state index contributed by atoms with van der Waals surface area (Å²) >= 11 is 0. The first kappa shape index (κ1) is 13.9. The van der Waals surface area contributed by atoms with Gasteiger partial charge in [-0.25, -0.2) is 9.78 Å². The molecule has 2 aromatic heterocycles. The Labute approximate surface area is 115 Å². The molecule has 20 heavy (non-hydrogen) atoms. The third-order valence-electron chi connectivity index (χ3n) is 2.82. The second kappa shape index (κ2) is 5.64. The maximum atomic E-state index is 11.2. The Kier molecular flexibility index (Phi) is 3.92. The van der Waals surface area contributed by atoms with Crippen LogP contribution in [-0.2, 0) is 7.05 Å². The van der Waals surface area contributed by atoms with Crippen LogP contribution in [0.15, 0.2) is 12.1 Å². The molecule has 2 rings (SSSR count). The van der Waals surface area contributed by atoms with Gasteiger partial charge in [0.25, 0.3) is 0 Å². The Morgan fingerprint density at radius 2 is 2.25 bits per heavy atom. The molecule has 0 aliphatic heterocycles. The number of nitrogens with zero attached hydrogens (tertiary/aromatic N) is 5.